The molecule has 12 rings (SSSR count). The number of hydrogen-bond donors (Lipinski definition) is 0. The van der Waals surface area contributed by atoms with Gasteiger partial charge in [0.25, 0.3) is 0 Å². The van der Waals surface area contributed by atoms with Crippen molar-refractivity contribution in [2.45, 2.75) is 0 Å². The smallest absolute Gasteiger partial charge is 0.164 e. The molecule has 0 saturated carbocycles. The van der Waals surface area contributed by atoms with E-state index in [-0.39, 0.29) is 0 Å². The summed E-state index contributed by atoms with van der Waals surface area (Å²) in [6.45, 7) is 0. The van der Waals surface area contributed by atoms with E-state index in [0.29, 0.717) is 17.5 Å². The number of nitrogens with zero attached hydrogens (tertiary/aromatic N) is 4. The van der Waals surface area contributed by atoms with Gasteiger partial charge in [-0.1, -0.05) is 121 Å². The highest BCUT2D eigenvalue weighted by Crippen LogP contribution is 2.44. The third-order valence-corrected chi connectivity index (χ3v) is 12.0. The van der Waals surface area contributed by atoms with Gasteiger partial charge >= 0.3 is 0 Å². The molecule has 0 aliphatic carbocycles. The molecule has 0 unspecified atom stereocenters. The van der Waals surface area contributed by atoms with E-state index in [0.717, 1.165) is 71.5 Å². The van der Waals surface area contributed by atoms with Crippen LogP contribution in [0.2, 0.25) is 0 Å². The van der Waals surface area contributed by atoms with E-state index in [1.165, 1.54) is 25.6 Å². The first kappa shape index (κ1) is 30.3. The fraction of sp³-hybridized carbons (Fsp3) is 0. The molecule has 256 valence electrons. The lowest BCUT2D eigenvalue weighted by Crippen LogP contribution is -2.01. The zero-order valence-corrected chi connectivity index (χ0v) is 30.1. The lowest BCUT2D eigenvalue weighted by atomic mass is 9.99. The summed E-state index contributed by atoms with van der Waals surface area (Å²) in [7, 11) is 0. The van der Waals surface area contributed by atoms with Crippen LogP contribution in [0.1, 0.15) is 0 Å². The first-order valence-corrected chi connectivity index (χ1v) is 19.2. The Bertz CT molecular complexity index is 3450. The first-order valence-electron chi connectivity index (χ1n) is 18.4. The van der Waals surface area contributed by atoms with E-state index in [1.54, 1.807) is 11.3 Å². The third kappa shape index (κ3) is 4.55. The van der Waals surface area contributed by atoms with Gasteiger partial charge in [-0.3, -0.25) is 0 Å². The van der Waals surface area contributed by atoms with Crippen molar-refractivity contribution in [2.24, 2.45) is 0 Å². The van der Waals surface area contributed by atoms with Gasteiger partial charge in [-0.05, 0) is 53.9 Å². The van der Waals surface area contributed by atoms with Crippen LogP contribution < -0.4 is 0 Å². The molecule has 55 heavy (non-hydrogen) atoms. The molecule has 0 aliphatic rings. The van der Waals surface area contributed by atoms with Crippen molar-refractivity contribution in [1.29, 1.82) is 0 Å². The van der Waals surface area contributed by atoms with Crippen molar-refractivity contribution < 1.29 is 4.42 Å². The Kier molecular flexibility index (Phi) is 6.44. The van der Waals surface area contributed by atoms with Gasteiger partial charge in [-0.2, -0.15) is 0 Å². The number of aromatic nitrogens is 4. The highest BCUT2D eigenvalue weighted by Gasteiger charge is 2.22. The van der Waals surface area contributed by atoms with Crippen molar-refractivity contribution in [3.05, 3.63) is 170 Å². The van der Waals surface area contributed by atoms with Crippen LogP contribution in [-0.4, -0.2) is 19.5 Å². The standard InChI is InChI=1S/C49H28N4OS/c1-2-13-29(14-3-1)47-50-48(36-20-12-24-43-44(36)35-19-8-11-23-42(35)55-43)52-49(51-47)38-27-30-15-4-5-16-32(30)46-45(38)37-28-31(25-26-41(37)54-46)53-39-21-9-6-17-33(39)34-18-7-10-22-40(34)53/h1-28H. The summed E-state index contributed by atoms with van der Waals surface area (Å²) in [6, 6.07) is 59.5. The number of rotatable bonds is 4. The summed E-state index contributed by atoms with van der Waals surface area (Å²) >= 11 is 1.79. The maximum Gasteiger partial charge on any atom is 0.164 e. The Morgan fingerprint density at radius 1 is 0.436 bits per heavy atom. The van der Waals surface area contributed by atoms with Gasteiger partial charge in [-0.15, -0.1) is 11.3 Å². The Morgan fingerprint density at radius 2 is 1.07 bits per heavy atom. The number of benzene rings is 8. The van der Waals surface area contributed by atoms with Crippen molar-refractivity contribution in [3.8, 4) is 39.9 Å². The molecule has 0 aliphatic heterocycles. The average Bonchev–Trinajstić information content (AvgIpc) is 3.93. The van der Waals surface area contributed by atoms with Crippen LogP contribution in [0, 0.1) is 0 Å². The van der Waals surface area contributed by atoms with Crippen molar-refractivity contribution in [2.75, 3.05) is 0 Å². The Balaban J connectivity index is 1.18. The van der Waals surface area contributed by atoms with Gasteiger partial charge in [0.05, 0.1) is 11.0 Å². The van der Waals surface area contributed by atoms with E-state index < -0.39 is 0 Å². The van der Waals surface area contributed by atoms with Crippen molar-refractivity contribution >= 4 is 86.0 Å². The van der Waals surface area contributed by atoms with Crippen LogP contribution in [0.5, 0.6) is 0 Å². The molecule has 0 saturated heterocycles. The van der Waals surface area contributed by atoms with Crippen molar-refractivity contribution in [3.63, 3.8) is 0 Å². The second-order valence-electron chi connectivity index (χ2n) is 14.0. The first-order chi connectivity index (χ1) is 27.3. The molecular formula is C49H28N4OS. The second-order valence-corrected chi connectivity index (χ2v) is 15.0. The molecule has 0 amide bonds. The molecule has 0 N–H and O–H groups in total. The summed E-state index contributed by atoms with van der Waals surface area (Å²) in [5, 5.41) is 8.89. The number of hydrogen-bond acceptors (Lipinski definition) is 5. The van der Waals surface area contributed by atoms with Crippen molar-refractivity contribution in [1.82, 2.24) is 19.5 Å². The van der Waals surface area contributed by atoms with Gasteiger partial charge in [0.1, 0.15) is 11.2 Å². The number of para-hydroxylation sites is 2. The van der Waals surface area contributed by atoms with E-state index in [1.807, 2.05) is 18.2 Å². The Morgan fingerprint density at radius 3 is 1.87 bits per heavy atom. The molecule has 6 heteroatoms. The molecule has 8 aromatic carbocycles. The molecule has 4 heterocycles. The highest BCUT2D eigenvalue weighted by molar-refractivity contribution is 7.25. The zero-order valence-electron chi connectivity index (χ0n) is 29.3. The summed E-state index contributed by atoms with van der Waals surface area (Å²) in [4.78, 5) is 15.8. The van der Waals surface area contributed by atoms with Gasteiger partial charge in [-0.25, -0.2) is 15.0 Å². The van der Waals surface area contributed by atoms with Gasteiger partial charge in [0.15, 0.2) is 17.5 Å². The predicted molar refractivity (Wildman–Crippen MR) is 228 cm³/mol. The molecule has 0 bridgehead atoms. The fourth-order valence-corrected chi connectivity index (χ4v) is 9.54. The zero-order chi connectivity index (χ0) is 36.0. The van der Waals surface area contributed by atoms with Gasteiger partial charge in [0.2, 0.25) is 0 Å². The van der Waals surface area contributed by atoms with Crippen LogP contribution in [0.25, 0.3) is 115 Å². The lowest BCUT2D eigenvalue weighted by Gasteiger charge is -2.12. The molecule has 5 nitrogen and oxygen atoms in total. The topological polar surface area (TPSA) is 56.7 Å². The molecular weight excluding hydrogens is 693 g/mol. The summed E-state index contributed by atoms with van der Waals surface area (Å²) in [5.74, 6) is 1.86. The van der Waals surface area contributed by atoms with Crippen LogP contribution in [-0.2, 0) is 0 Å². The SMILES string of the molecule is c1ccc(-c2nc(-c3cccc4sc5ccccc5c34)nc(-c3cc4ccccc4c4oc5ccc(-n6c7ccccc7c7ccccc76)cc5c34)n2)cc1. The maximum absolute atomic E-state index is 6.82. The van der Waals surface area contributed by atoms with E-state index >= 15 is 0 Å². The second kappa shape index (κ2) is 11.7. The minimum atomic E-state index is 0.598. The van der Waals surface area contributed by atoms with Gasteiger partial charge < -0.3 is 8.98 Å². The number of furan rings is 1. The highest BCUT2D eigenvalue weighted by atomic mass is 32.1. The van der Waals surface area contributed by atoms with Crippen LogP contribution in [0.4, 0.5) is 0 Å². The minimum Gasteiger partial charge on any atom is -0.455 e. The monoisotopic (exact) mass is 720 g/mol. The molecule has 0 atom stereocenters. The quantitative estimate of drug-likeness (QED) is 0.182. The molecule has 0 radical (unpaired) electrons. The molecule has 0 spiro atoms. The minimum absolute atomic E-state index is 0.598. The Hall–Kier alpha value is -7.15. The van der Waals surface area contributed by atoms with E-state index in [4.69, 9.17) is 19.4 Å². The number of fused-ring (bicyclic) bond motifs is 11. The number of thiophene rings is 1. The van der Waals surface area contributed by atoms with Crippen LogP contribution >= 0.6 is 11.3 Å². The average molecular weight is 721 g/mol. The summed E-state index contributed by atoms with van der Waals surface area (Å²) in [6.07, 6.45) is 0. The summed E-state index contributed by atoms with van der Waals surface area (Å²) < 4.78 is 11.6. The van der Waals surface area contributed by atoms with E-state index in [9.17, 15) is 0 Å². The normalized spacial score (nSPS) is 12.0. The third-order valence-electron chi connectivity index (χ3n) is 10.8. The van der Waals surface area contributed by atoms with Gasteiger partial charge in [0, 0.05) is 69.5 Å². The molecule has 4 aromatic heterocycles. The summed E-state index contributed by atoms with van der Waals surface area (Å²) in [5.41, 5.74) is 7.81. The Labute approximate surface area is 318 Å². The molecule has 0 fully saturated rings. The van der Waals surface area contributed by atoms with Crippen LogP contribution in [0.15, 0.2) is 174 Å². The maximum atomic E-state index is 6.82. The largest absolute Gasteiger partial charge is 0.455 e. The fourth-order valence-electron chi connectivity index (χ4n) is 8.41. The lowest BCUT2D eigenvalue weighted by molar-refractivity contribution is 0.672. The van der Waals surface area contributed by atoms with Crippen LogP contribution in [0.3, 0.4) is 0 Å². The predicted octanol–water partition coefficient (Wildman–Crippen LogP) is 13.4. The van der Waals surface area contributed by atoms with E-state index in [2.05, 4.69) is 156 Å². The molecule has 12 aromatic rings.